The molecule has 0 aliphatic carbocycles. The molecular weight excluding hydrogens is 361 g/mol. The molecule has 0 saturated heterocycles. The third-order valence-corrected chi connectivity index (χ3v) is 3.68. The van der Waals surface area contributed by atoms with E-state index in [0.29, 0.717) is 26.4 Å². The van der Waals surface area contributed by atoms with Crippen LogP contribution in [-0.2, 0) is 16.2 Å². The molecule has 0 N–H and O–H groups in total. The first-order valence-corrected chi connectivity index (χ1v) is 7.72. The van der Waals surface area contributed by atoms with E-state index in [2.05, 4.69) is 5.16 Å². The fourth-order valence-corrected chi connectivity index (χ4v) is 2.24. The average molecular weight is 373 g/mol. The molecule has 0 spiro atoms. The Balaban J connectivity index is 1.76. The first-order chi connectivity index (χ1) is 11.1. The highest BCUT2D eigenvalue weighted by Gasteiger charge is 2.06. The number of hydrogen-bond donors (Lipinski definition) is 0. The van der Waals surface area contributed by atoms with E-state index in [-0.39, 0.29) is 13.0 Å². The van der Waals surface area contributed by atoms with E-state index in [1.165, 1.54) is 6.21 Å². The van der Waals surface area contributed by atoms with Crippen LogP contribution in [0.5, 0.6) is 5.75 Å². The van der Waals surface area contributed by atoms with Gasteiger partial charge in [0.2, 0.25) is 0 Å². The fourth-order valence-electron chi connectivity index (χ4n) is 1.61. The Morgan fingerprint density at radius 3 is 2.35 bits per heavy atom. The SMILES string of the molecule is O=C(C/C=N\OCc1c(Cl)cccc1Cl)Oc1ccc(Cl)cc1. The van der Waals surface area contributed by atoms with Crippen molar-refractivity contribution in [1.82, 2.24) is 0 Å². The summed E-state index contributed by atoms with van der Waals surface area (Å²) in [6.45, 7) is 0.112. The van der Waals surface area contributed by atoms with Gasteiger partial charge >= 0.3 is 5.97 Å². The number of benzene rings is 2. The smallest absolute Gasteiger partial charge is 0.316 e. The fraction of sp³-hybridized carbons (Fsp3) is 0.125. The predicted octanol–water partition coefficient (Wildman–Crippen LogP) is 5.14. The molecule has 0 radical (unpaired) electrons. The molecule has 0 heterocycles. The van der Waals surface area contributed by atoms with Crippen molar-refractivity contribution >= 4 is 47.0 Å². The second-order valence-electron chi connectivity index (χ2n) is 4.39. The Kier molecular flexibility index (Phi) is 6.71. The summed E-state index contributed by atoms with van der Waals surface area (Å²) < 4.78 is 5.09. The monoisotopic (exact) mass is 371 g/mol. The number of halogens is 3. The summed E-state index contributed by atoms with van der Waals surface area (Å²) in [6, 6.07) is 11.6. The summed E-state index contributed by atoms with van der Waals surface area (Å²) in [6.07, 6.45) is 1.28. The number of ether oxygens (including phenoxy) is 1. The Hall–Kier alpha value is -1.75. The van der Waals surface area contributed by atoms with Crippen LogP contribution >= 0.6 is 34.8 Å². The first-order valence-electron chi connectivity index (χ1n) is 6.59. The van der Waals surface area contributed by atoms with Crippen molar-refractivity contribution < 1.29 is 14.4 Å². The van der Waals surface area contributed by atoms with Crippen LogP contribution < -0.4 is 4.74 Å². The molecular formula is C16H12Cl3NO3. The van der Waals surface area contributed by atoms with Crippen molar-refractivity contribution in [3.8, 4) is 5.75 Å². The third-order valence-electron chi connectivity index (χ3n) is 2.72. The largest absolute Gasteiger partial charge is 0.426 e. The van der Waals surface area contributed by atoms with E-state index in [0.717, 1.165) is 0 Å². The Morgan fingerprint density at radius 2 is 1.70 bits per heavy atom. The van der Waals surface area contributed by atoms with Crippen molar-refractivity contribution in [2.45, 2.75) is 13.0 Å². The lowest BCUT2D eigenvalue weighted by molar-refractivity contribution is -0.132. The number of esters is 1. The standard InChI is InChI=1S/C16H12Cl3NO3/c17-11-4-6-12(7-5-11)23-16(21)8-9-20-22-10-13-14(18)2-1-3-15(13)19/h1-7,9H,8,10H2/b20-9-. The highest BCUT2D eigenvalue weighted by Crippen LogP contribution is 2.24. The second-order valence-corrected chi connectivity index (χ2v) is 5.64. The quantitative estimate of drug-likeness (QED) is 0.305. The molecule has 0 unspecified atom stereocenters. The van der Waals surface area contributed by atoms with Gasteiger partial charge in [0.1, 0.15) is 12.4 Å². The Morgan fingerprint density at radius 1 is 1.04 bits per heavy atom. The molecule has 0 aliphatic rings. The van der Waals surface area contributed by atoms with Crippen LogP contribution in [-0.4, -0.2) is 12.2 Å². The van der Waals surface area contributed by atoms with Gasteiger partial charge in [0, 0.05) is 20.6 Å². The lowest BCUT2D eigenvalue weighted by Crippen LogP contribution is -2.08. The highest BCUT2D eigenvalue weighted by atomic mass is 35.5. The number of carbonyl (C=O) groups is 1. The third kappa shape index (κ3) is 5.75. The van der Waals surface area contributed by atoms with Crippen LogP contribution in [0.25, 0.3) is 0 Å². The molecule has 0 aromatic heterocycles. The molecule has 2 aromatic rings. The van der Waals surface area contributed by atoms with Crippen molar-refractivity contribution in [2.75, 3.05) is 0 Å². The number of hydrogen-bond acceptors (Lipinski definition) is 4. The molecule has 0 bridgehead atoms. The molecule has 0 atom stereocenters. The van der Waals surface area contributed by atoms with Gasteiger partial charge in [0.15, 0.2) is 0 Å². The van der Waals surface area contributed by atoms with Crippen LogP contribution in [0.4, 0.5) is 0 Å². The second kappa shape index (κ2) is 8.77. The topological polar surface area (TPSA) is 47.9 Å². The lowest BCUT2D eigenvalue weighted by atomic mass is 10.2. The first kappa shape index (κ1) is 17.6. The zero-order chi connectivity index (χ0) is 16.7. The molecule has 0 aliphatic heterocycles. The van der Waals surface area contributed by atoms with Crippen molar-refractivity contribution in [3.63, 3.8) is 0 Å². The summed E-state index contributed by atoms with van der Waals surface area (Å²) in [5.74, 6) is -0.0491. The lowest BCUT2D eigenvalue weighted by Gasteiger charge is -2.05. The molecule has 2 rings (SSSR count). The summed E-state index contributed by atoms with van der Waals surface area (Å²) in [5, 5.41) is 5.24. The van der Waals surface area contributed by atoms with E-state index >= 15 is 0 Å². The number of rotatable bonds is 6. The molecule has 4 nitrogen and oxygen atoms in total. The van der Waals surface area contributed by atoms with Gasteiger partial charge in [-0.05, 0) is 36.4 Å². The van der Waals surface area contributed by atoms with Gasteiger partial charge in [-0.15, -0.1) is 0 Å². The van der Waals surface area contributed by atoms with Crippen LogP contribution in [0.3, 0.4) is 0 Å². The van der Waals surface area contributed by atoms with Gasteiger partial charge in [0.25, 0.3) is 0 Å². The molecule has 23 heavy (non-hydrogen) atoms. The number of oxime groups is 1. The predicted molar refractivity (Wildman–Crippen MR) is 91.4 cm³/mol. The van der Waals surface area contributed by atoms with Crippen LogP contribution in [0.15, 0.2) is 47.6 Å². The molecule has 2 aromatic carbocycles. The average Bonchev–Trinajstić information content (AvgIpc) is 2.52. The van der Waals surface area contributed by atoms with E-state index in [1.807, 2.05) is 0 Å². The van der Waals surface area contributed by atoms with Gasteiger partial charge in [-0.2, -0.15) is 0 Å². The summed E-state index contributed by atoms with van der Waals surface area (Å²) in [5.41, 5.74) is 0.636. The molecule has 0 saturated carbocycles. The maximum atomic E-state index is 11.6. The molecule has 7 heteroatoms. The van der Waals surface area contributed by atoms with E-state index in [1.54, 1.807) is 42.5 Å². The maximum absolute atomic E-state index is 11.6. The molecule has 120 valence electrons. The van der Waals surface area contributed by atoms with Crippen molar-refractivity contribution in [3.05, 3.63) is 63.1 Å². The van der Waals surface area contributed by atoms with Gasteiger partial charge in [-0.1, -0.05) is 46.0 Å². The normalized spacial score (nSPS) is 10.7. The summed E-state index contributed by atoms with van der Waals surface area (Å²) >= 11 is 17.7. The van der Waals surface area contributed by atoms with Crippen molar-refractivity contribution in [1.29, 1.82) is 0 Å². The number of nitrogens with zero attached hydrogens (tertiary/aromatic N) is 1. The zero-order valence-corrected chi connectivity index (χ0v) is 14.1. The van der Waals surface area contributed by atoms with Gasteiger partial charge < -0.3 is 9.57 Å². The van der Waals surface area contributed by atoms with Crippen LogP contribution in [0, 0.1) is 0 Å². The van der Waals surface area contributed by atoms with E-state index < -0.39 is 5.97 Å². The van der Waals surface area contributed by atoms with Crippen LogP contribution in [0.2, 0.25) is 15.1 Å². The van der Waals surface area contributed by atoms with Crippen LogP contribution in [0.1, 0.15) is 12.0 Å². The summed E-state index contributed by atoms with van der Waals surface area (Å²) in [4.78, 5) is 16.7. The van der Waals surface area contributed by atoms with Crippen molar-refractivity contribution in [2.24, 2.45) is 5.16 Å². The summed E-state index contributed by atoms with van der Waals surface area (Å²) in [7, 11) is 0. The van der Waals surface area contributed by atoms with E-state index in [4.69, 9.17) is 44.4 Å². The molecule has 0 amide bonds. The number of carbonyl (C=O) groups excluding carboxylic acids is 1. The highest BCUT2D eigenvalue weighted by molar-refractivity contribution is 6.35. The minimum absolute atomic E-state index is 0.0289. The minimum Gasteiger partial charge on any atom is -0.426 e. The maximum Gasteiger partial charge on any atom is 0.316 e. The van der Waals surface area contributed by atoms with Gasteiger partial charge in [-0.3, -0.25) is 4.79 Å². The van der Waals surface area contributed by atoms with E-state index in [9.17, 15) is 4.79 Å². The van der Waals surface area contributed by atoms with Gasteiger partial charge in [-0.25, -0.2) is 0 Å². The van der Waals surface area contributed by atoms with Gasteiger partial charge in [0.05, 0.1) is 12.6 Å². The minimum atomic E-state index is -0.463. The Labute approximate surface area is 148 Å². The zero-order valence-electron chi connectivity index (χ0n) is 11.8. The molecule has 0 fully saturated rings. The Bertz CT molecular complexity index is 682.